The molecule has 0 aromatic carbocycles. The average molecular weight is 275 g/mol. The lowest BCUT2D eigenvalue weighted by molar-refractivity contribution is -0.134. The van der Waals surface area contributed by atoms with Crippen LogP contribution >= 0.6 is 0 Å². The summed E-state index contributed by atoms with van der Waals surface area (Å²) in [6.07, 6.45) is 6.85. The van der Waals surface area contributed by atoms with Gasteiger partial charge in [0, 0.05) is 37.9 Å². The third kappa shape index (κ3) is 3.79. The molecule has 1 aromatic rings. The van der Waals surface area contributed by atoms with Crippen LogP contribution in [0, 0.1) is 0 Å². The minimum atomic E-state index is -0.183. The van der Waals surface area contributed by atoms with E-state index in [0.29, 0.717) is 24.6 Å². The summed E-state index contributed by atoms with van der Waals surface area (Å²) >= 11 is 0. The second-order valence-corrected chi connectivity index (χ2v) is 5.18. The van der Waals surface area contributed by atoms with E-state index >= 15 is 0 Å². The van der Waals surface area contributed by atoms with E-state index in [1.807, 2.05) is 4.90 Å². The number of piperidine rings is 1. The summed E-state index contributed by atoms with van der Waals surface area (Å²) in [5.74, 6) is -0.0544. The highest BCUT2D eigenvalue weighted by atomic mass is 16.2. The van der Waals surface area contributed by atoms with Crippen molar-refractivity contribution in [3.63, 3.8) is 0 Å². The molecule has 1 unspecified atom stereocenters. The van der Waals surface area contributed by atoms with Crippen LogP contribution in [-0.2, 0) is 4.79 Å². The molecule has 5 heteroatoms. The smallest absolute Gasteiger partial charge is 0.252 e. The second-order valence-electron chi connectivity index (χ2n) is 5.18. The number of carbonyl (C=O) groups excluding carboxylic acids is 2. The molecule has 1 aliphatic rings. The van der Waals surface area contributed by atoms with E-state index in [9.17, 15) is 9.59 Å². The van der Waals surface area contributed by atoms with Gasteiger partial charge in [0.05, 0.1) is 5.56 Å². The van der Waals surface area contributed by atoms with Gasteiger partial charge in [0.15, 0.2) is 0 Å². The Morgan fingerprint density at radius 1 is 1.45 bits per heavy atom. The summed E-state index contributed by atoms with van der Waals surface area (Å²) in [5.41, 5.74) is 0.520. The molecule has 1 N–H and O–H groups in total. The zero-order valence-electron chi connectivity index (χ0n) is 11.8. The van der Waals surface area contributed by atoms with Crippen molar-refractivity contribution in [2.24, 2.45) is 0 Å². The van der Waals surface area contributed by atoms with E-state index in [1.165, 1.54) is 12.6 Å². The summed E-state index contributed by atoms with van der Waals surface area (Å²) in [6.45, 7) is 3.30. The van der Waals surface area contributed by atoms with Gasteiger partial charge < -0.3 is 10.2 Å². The molecule has 0 aliphatic carbocycles. The molecule has 2 amide bonds. The molecule has 0 spiro atoms. The largest absolute Gasteiger partial charge is 0.351 e. The lowest BCUT2D eigenvalue weighted by Crippen LogP contribution is -2.43. The fraction of sp³-hybridized carbons (Fsp3) is 0.533. The topological polar surface area (TPSA) is 62.3 Å². The number of nitrogens with one attached hydrogen (secondary N) is 1. The zero-order valence-corrected chi connectivity index (χ0v) is 11.8. The Hall–Kier alpha value is -1.91. The van der Waals surface area contributed by atoms with Gasteiger partial charge in [0.2, 0.25) is 5.91 Å². The average Bonchev–Trinajstić information content (AvgIpc) is 2.48. The van der Waals surface area contributed by atoms with E-state index in [4.69, 9.17) is 0 Å². The molecule has 1 atom stereocenters. The third-order valence-corrected chi connectivity index (χ3v) is 3.67. The van der Waals surface area contributed by atoms with Gasteiger partial charge in [0.25, 0.3) is 5.91 Å². The van der Waals surface area contributed by atoms with Crippen molar-refractivity contribution in [3.05, 3.63) is 30.1 Å². The Kier molecular flexibility index (Phi) is 5.09. The number of amides is 2. The molecule has 108 valence electrons. The van der Waals surface area contributed by atoms with E-state index in [-0.39, 0.29) is 11.8 Å². The van der Waals surface area contributed by atoms with Gasteiger partial charge >= 0.3 is 0 Å². The molecule has 0 bridgehead atoms. The van der Waals surface area contributed by atoms with Gasteiger partial charge in [-0.2, -0.15) is 0 Å². The molecule has 2 heterocycles. The number of aromatic nitrogens is 1. The molecule has 0 radical (unpaired) electrons. The first-order valence-electron chi connectivity index (χ1n) is 7.16. The van der Waals surface area contributed by atoms with Gasteiger partial charge in [-0.25, -0.2) is 0 Å². The summed E-state index contributed by atoms with van der Waals surface area (Å²) in [6, 6.07) is 3.75. The number of nitrogens with zero attached hydrogens (tertiary/aromatic N) is 2. The highest BCUT2D eigenvalue weighted by Gasteiger charge is 2.22. The molecule has 1 saturated heterocycles. The molecule has 1 fully saturated rings. The summed E-state index contributed by atoms with van der Waals surface area (Å²) < 4.78 is 0. The minimum Gasteiger partial charge on any atom is -0.351 e. The van der Waals surface area contributed by atoms with Crippen molar-refractivity contribution in [1.82, 2.24) is 15.2 Å². The molecule has 1 aromatic heterocycles. The predicted octanol–water partition coefficient (Wildman–Crippen LogP) is 1.60. The maximum absolute atomic E-state index is 12.1. The number of likely N-dealkylation sites (tertiary alicyclic amines) is 1. The predicted molar refractivity (Wildman–Crippen MR) is 76.2 cm³/mol. The molecule has 1 aliphatic heterocycles. The number of rotatable bonds is 4. The lowest BCUT2D eigenvalue weighted by Gasteiger charge is -2.33. The van der Waals surface area contributed by atoms with Crippen LogP contribution in [0.15, 0.2) is 24.5 Å². The Morgan fingerprint density at radius 3 is 3.00 bits per heavy atom. The Balaban J connectivity index is 1.75. The maximum atomic E-state index is 12.1. The van der Waals surface area contributed by atoms with Gasteiger partial charge in [-0.3, -0.25) is 14.6 Å². The molecule has 20 heavy (non-hydrogen) atoms. The van der Waals surface area contributed by atoms with E-state index in [1.54, 1.807) is 18.3 Å². The van der Waals surface area contributed by atoms with Crippen LogP contribution in [-0.4, -0.2) is 40.8 Å². The van der Waals surface area contributed by atoms with Crippen LogP contribution in [0.4, 0.5) is 0 Å². The fourth-order valence-corrected chi connectivity index (χ4v) is 2.49. The number of hydrogen-bond donors (Lipinski definition) is 1. The first-order chi connectivity index (χ1) is 9.68. The first kappa shape index (κ1) is 14.5. The normalized spacial score (nSPS) is 18.6. The highest BCUT2D eigenvalue weighted by Crippen LogP contribution is 2.16. The second kappa shape index (κ2) is 7.03. The SMILES string of the molecule is CC1CCCCN1C(=O)CCNC(=O)c1cccnc1. The first-order valence-corrected chi connectivity index (χ1v) is 7.16. The van der Waals surface area contributed by atoms with Crippen LogP contribution in [0.2, 0.25) is 0 Å². The Morgan fingerprint density at radius 2 is 2.30 bits per heavy atom. The summed E-state index contributed by atoms with van der Waals surface area (Å²) in [4.78, 5) is 29.7. The van der Waals surface area contributed by atoms with Crippen LogP contribution < -0.4 is 5.32 Å². The molecular weight excluding hydrogens is 254 g/mol. The fourth-order valence-electron chi connectivity index (χ4n) is 2.49. The van der Waals surface area contributed by atoms with Crippen molar-refractivity contribution in [1.29, 1.82) is 0 Å². The molecular formula is C15H21N3O2. The van der Waals surface area contributed by atoms with Crippen LogP contribution in [0.3, 0.4) is 0 Å². The summed E-state index contributed by atoms with van der Waals surface area (Å²) in [5, 5.41) is 2.76. The number of pyridine rings is 1. The summed E-state index contributed by atoms with van der Waals surface area (Å²) in [7, 11) is 0. The zero-order chi connectivity index (χ0) is 14.4. The standard InChI is InChI=1S/C15H21N3O2/c1-12-5-2-3-10-18(12)14(19)7-9-17-15(20)13-6-4-8-16-11-13/h4,6,8,11-12H,2-3,5,7,9-10H2,1H3,(H,17,20). The van der Waals surface area contributed by atoms with Gasteiger partial charge in [-0.15, -0.1) is 0 Å². The van der Waals surface area contributed by atoms with Crippen molar-refractivity contribution in [3.8, 4) is 0 Å². The lowest BCUT2D eigenvalue weighted by atomic mass is 10.0. The maximum Gasteiger partial charge on any atom is 0.252 e. The third-order valence-electron chi connectivity index (χ3n) is 3.67. The van der Waals surface area contributed by atoms with Gasteiger partial charge in [-0.05, 0) is 38.3 Å². The monoisotopic (exact) mass is 275 g/mol. The Bertz CT molecular complexity index is 461. The van der Waals surface area contributed by atoms with Gasteiger partial charge in [-0.1, -0.05) is 0 Å². The highest BCUT2D eigenvalue weighted by molar-refractivity contribution is 5.94. The quantitative estimate of drug-likeness (QED) is 0.908. The van der Waals surface area contributed by atoms with Crippen LogP contribution in [0.25, 0.3) is 0 Å². The van der Waals surface area contributed by atoms with Crippen molar-refractivity contribution < 1.29 is 9.59 Å². The van der Waals surface area contributed by atoms with E-state index in [0.717, 1.165) is 19.4 Å². The Labute approximate surface area is 119 Å². The number of hydrogen-bond acceptors (Lipinski definition) is 3. The van der Waals surface area contributed by atoms with Crippen molar-refractivity contribution in [2.75, 3.05) is 13.1 Å². The number of carbonyl (C=O) groups is 2. The van der Waals surface area contributed by atoms with Crippen molar-refractivity contribution in [2.45, 2.75) is 38.6 Å². The van der Waals surface area contributed by atoms with Crippen molar-refractivity contribution >= 4 is 11.8 Å². The van der Waals surface area contributed by atoms with Gasteiger partial charge in [0.1, 0.15) is 0 Å². The van der Waals surface area contributed by atoms with Crippen LogP contribution in [0.1, 0.15) is 43.0 Å². The van der Waals surface area contributed by atoms with Crippen LogP contribution in [0.5, 0.6) is 0 Å². The molecule has 5 nitrogen and oxygen atoms in total. The molecule has 0 saturated carbocycles. The van der Waals surface area contributed by atoms with E-state index in [2.05, 4.69) is 17.2 Å². The minimum absolute atomic E-state index is 0.128. The molecule has 2 rings (SSSR count). The van der Waals surface area contributed by atoms with E-state index < -0.39 is 0 Å².